The highest BCUT2D eigenvalue weighted by Gasteiger charge is 2.37. The van der Waals surface area contributed by atoms with Crippen LogP contribution in [-0.2, 0) is 11.0 Å². The number of nitrogens with zero attached hydrogens (tertiary/aromatic N) is 3. The molecule has 3 rings (SSSR count). The van der Waals surface area contributed by atoms with Gasteiger partial charge < -0.3 is 10.2 Å². The van der Waals surface area contributed by atoms with E-state index in [1.54, 1.807) is 4.90 Å². The molecule has 0 radical (unpaired) electrons. The number of hydrogen-bond acceptors (Lipinski definition) is 4. The van der Waals surface area contributed by atoms with Gasteiger partial charge in [-0.1, -0.05) is 12.8 Å². The highest BCUT2D eigenvalue weighted by Crippen LogP contribution is 2.35. The van der Waals surface area contributed by atoms with Crippen LogP contribution in [0.4, 0.5) is 19.0 Å². The lowest BCUT2D eigenvalue weighted by Crippen LogP contribution is -2.55. The Morgan fingerprint density at radius 3 is 2.50 bits per heavy atom. The van der Waals surface area contributed by atoms with Crippen molar-refractivity contribution in [1.29, 1.82) is 0 Å². The van der Waals surface area contributed by atoms with Crippen molar-refractivity contribution in [2.75, 3.05) is 31.1 Å². The Hall–Kier alpha value is -1.83. The summed E-state index contributed by atoms with van der Waals surface area (Å²) in [5, 5.41) is 3.09. The molecule has 26 heavy (non-hydrogen) atoms. The maximum Gasteiger partial charge on any atom is 0.419 e. The minimum absolute atomic E-state index is 0.0131. The molecule has 1 unspecified atom stereocenters. The number of rotatable bonds is 4. The van der Waals surface area contributed by atoms with Gasteiger partial charge in [-0.2, -0.15) is 13.2 Å². The number of anilines is 1. The molecule has 2 heterocycles. The van der Waals surface area contributed by atoms with Gasteiger partial charge in [0.15, 0.2) is 0 Å². The maximum absolute atomic E-state index is 13.2. The number of halogens is 3. The van der Waals surface area contributed by atoms with Gasteiger partial charge in [0.1, 0.15) is 5.82 Å². The van der Waals surface area contributed by atoms with Gasteiger partial charge in [-0.25, -0.2) is 4.98 Å². The van der Waals surface area contributed by atoms with Crippen LogP contribution < -0.4 is 10.2 Å². The Kier molecular flexibility index (Phi) is 5.70. The molecule has 1 saturated heterocycles. The third-order valence-corrected chi connectivity index (χ3v) is 5.33. The molecule has 2 aliphatic rings. The highest BCUT2D eigenvalue weighted by atomic mass is 19.4. The predicted octanol–water partition coefficient (Wildman–Crippen LogP) is 2.67. The fraction of sp³-hybridized carbons (Fsp3) is 0.667. The van der Waals surface area contributed by atoms with Crippen molar-refractivity contribution < 1.29 is 18.0 Å². The van der Waals surface area contributed by atoms with E-state index in [2.05, 4.69) is 10.3 Å². The third-order valence-electron chi connectivity index (χ3n) is 5.33. The lowest BCUT2D eigenvalue weighted by Gasteiger charge is -2.38. The average molecular weight is 370 g/mol. The standard InChI is InChI=1S/C18H25F3N4O/c1-13(17(26)23-14-5-2-3-6-14)24-9-11-25(12-10-24)16-15(18(19,20)21)7-4-8-22-16/h4,7-8,13-14H,2-3,5-6,9-12H2,1H3,(H,23,26). The van der Waals surface area contributed by atoms with Crippen molar-refractivity contribution in [3.05, 3.63) is 23.9 Å². The van der Waals surface area contributed by atoms with Crippen molar-refractivity contribution in [2.24, 2.45) is 0 Å². The second-order valence-electron chi connectivity index (χ2n) is 7.06. The number of pyridine rings is 1. The molecule has 2 fully saturated rings. The molecular weight excluding hydrogens is 345 g/mol. The Morgan fingerprint density at radius 1 is 1.23 bits per heavy atom. The van der Waals surface area contributed by atoms with Gasteiger partial charge in [0.05, 0.1) is 11.6 Å². The number of hydrogen-bond donors (Lipinski definition) is 1. The van der Waals surface area contributed by atoms with Crippen LogP contribution >= 0.6 is 0 Å². The van der Waals surface area contributed by atoms with Crippen LogP contribution in [0.5, 0.6) is 0 Å². The third kappa shape index (κ3) is 4.28. The van der Waals surface area contributed by atoms with Crippen LogP contribution in [0, 0.1) is 0 Å². The average Bonchev–Trinajstić information content (AvgIpc) is 3.13. The molecule has 0 bridgehead atoms. The molecular formula is C18H25F3N4O. The molecule has 1 N–H and O–H groups in total. The van der Waals surface area contributed by atoms with Crippen molar-refractivity contribution in [3.8, 4) is 0 Å². The number of carbonyl (C=O) groups is 1. The minimum Gasteiger partial charge on any atom is -0.354 e. The molecule has 1 amide bonds. The molecule has 1 aliphatic carbocycles. The van der Waals surface area contributed by atoms with E-state index in [4.69, 9.17) is 0 Å². The zero-order chi connectivity index (χ0) is 18.7. The summed E-state index contributed by atoms with van der Waals surface area (Å²) >= 11 is 0. The van der Waals surface area contributed by atoms with E-state index in [9.17, 15) is 18.0 Å². The smallest absolute Gasteiger partial charge is 0.354 e. The fourth-order valence-electron chi connectivity index (χ4n) is 3.75. The summed E-state index contributed by atoms with van der Waals surface area (Å²) in [7, 11) is 0. The second-order valence-corrected chi connectivity index (χ2v) is 7.06. The van der Waals surface area contributed by atoms with Gasteiger partial charge >= 0.3 is 6.18 Å². The summed E-state index contributed by atoms with van der Waals surface area (Å²) in [6.07, 6.45) is 1.34. The summed E-state index contributed by atoms with van der Waals surface area (Å²) < 4.78 is 39.5. The maximum atomic E-state index is 13.2. The molecule has 5 nitrogen and oxygen atoms in total. The van der Waals surface area contributed by atoms with Crippen LogP contribution in [0.3, 0.4) is 0 Å². The van der Waals surface area contributed by atoms with E-state index in [1.165, 1.54) is 12.3 Å². The van der Waals surface area contributed by atoms with Gasteiger partial charge in [0.25, 0.3) is 0 Å². The normalized spacial score (nSPS) is 21.0. The Labute approximate surface area is 151 Å². The number of nitrogens with one attached hydrogen (secondary N) is 1. The highest BCUT2D eigenvalue weighted by molar-refractivity contribution is 5.81. The van der Waals surface area contributed by atoms with Gasteiger partial charge in [-0.05, 0) is 31.9 Å². The summed E-state index contributed by atoms with van der Waals surface area (Å²) in [6.45, 7) is 3.77. The van der Waals surface area contributed by atoms with Gasteiger partial charge in [0.2, 0.25) is 5.91 Å². The zero-order valence-corrected chi connectivity index (χ0v) is 14.9. The molecule has 0 aromatic carbocycles. The monoisotopic (exact) mass is 370 g/mol. The van der Waals surface area contributed by atoms with Crippen LogP contribution in [-0.4, -0.2) is 54.1 Å². The SMILES string of the molecule is CC(C(=O)NC1CCCC1)N1CCN(c2ncccc2C(F)(F)F)CC1. The van der Waals surface area contributed by atoms with Gasteiger partial charge in [-0.3, -0.25) is 9.69 Å². The summed E-state index contributed by atoms with van der Waals surface area (Å²) in [6, 6.07) is 2.36. The molecule has 0 spiro atoms. The molecule has 1 aromatic heterocycles. The molecule has 1 aromatic rings. The van der Waals surface area contributed by atoms with E-state index < -0.39 is 11.7 Å². The van der Waals surface area contributed by atoms with Gasteiger partial charge in [-0.15, -0.1) is 0 Å². The number of carbonyl (C=O) groups excluding carboxylic acids is 1. The lowest BCUT2D eigenvalue weighted by molar-refractivity contribution is -0.137. The summed E-state index contributed by atoms with van der Waals surface area (Å²) in [4.78, 5) is 20.0. The molecule has 1 atom stereocenters. The number of alkyl halides is 3. The second kappa shape index (κ2) is 7.82. The number of aromatic nitrogens is 1. The Balaban J connectivity index is 1.58. The van der Waals surface area contributed by atoms with Crippen LogP contribution in [0.25, 0.3) is 0 Å². The molecule has 1 saturated carbocycles. The molecule has 8 heteroatoms. The summed E-state index contributed by atoms with van der Waals surface area (Å²) in [5.74, 6) is -0.0122. The molecule has 144 valence electrons. The number of piperazine rings is 1. The van der Waals surface area contributed by atoms with Crippen molar-refractivity contribution in [2.45, 2.75) is 50.9 Å². The van der Waals surface area contributed by atoms with Gasteiger partial charge in [0, 0.05) is 38.4 Å². The fourth-order valence-corrected chi connectivity index (χ4v) is 3.75. The molecule has 1 aliphatic heterocycles. The van der Waals surface area contributed by atoms with E-state index >= 15 is 0 Å². The minimum atomic E-state index is -4.42. The van der Waals surface area contributed by atoms with Crippen LogP contribution in [0.15, 0.2) is 18.3 Å². The Morgan fingerprint density at radius 2 is 1.88 bits per heavy atom. The van der Waals surface area contributed by atoms with Crippen LogP contribution in [0.2, 0.25) is 0 Å². The quantitative estimate of drug-likeness (QED) is 0.885. The topological polar surface area (TPSA) is 48.5 Å². The van der Waals surface area contributed by atoms with E-state index in [0.717, 1.165) is 31.7 Å². The van der Waals surface area contributed by atoms with E-state index in [0.29, 0.717) is 26.2 Å². The predicted molar refractivity (Wildman–Crippen MR) is 92.9 cm³/mol. The lowest BCUT2D eigenvalue weighted by atomic mass is 10.1. The van der Waals surface area contributed by atoms with Crippen molar-refractivity contribution in [3.63, 3.8) is 0 Å². The number of amides is 1. The Bertz CT molecular complexity index is 623. The van der Waals surface area contributed by atoms with Crippen molar-refractivity contribution in [1.82, 2.24) is 15.2 Å². The summed E-state index contributed by atoms with van der Waals surface area (Å²) in [5.41, 5.74) is -0.708. The van der Waals surface area contributed by atoms with E-state index in [1.807, 2.05) is 11.8 Å². The first-order valence-electron chi connectivity index (χ1n) is 9.18. The largest absolute Gasteiger partial charge is 0.419 e. The van der Waals surface area contributed by atoms with E-state index in [-0.39, 0.29) is 23.8 Å². The van der Waals surface area contributed by atoms with Crippen LogP contribution in [0.1, 0.15) is 38.2 Å². The van der Waals surface area contributed by atoms with Crippen molar-refractivity contribution >= 4 is 11.7 Å². The first kappa shape index (κ1) is 18.9. The zero-order valence-electron chi connectivity index (χ0n) is 14.9. The first-order chi connectivity index (χ1) is 12.4. The first-order valence-corrected chi connectivity index (χ1v) is 9.18.